The van der Waals surface area contributed by atoms with E-state index in [1.54, 1.807) is 0 Å². The van der Waals surface area contributed by atoms with Crippen molar-refractivity contribution in [2.75, 3.05) is 23.3 Å². The fraction of sp³-hybridized carbons (Fsp3) is 0.250. The van der Waals surface area contributed by atoms with Gasteiger partial charge in [0.15, 0.2) is 6.57 Å². The largest absolute Gasteiger partial charge is 0.368 e. The summed E-state index contributed by atoms with van der Waals surface area (Å²) in [6.45, 7) is 0.508. The summed E-state index contributed by atoms with van der Waals surface area (Å²) in [6.07, 6.45) is 0. The molecular weight excluding hydrogens is 347 g/mol. The molecule has 8 nitrogen and oxygen atoms in total. The molecule has 0 radical (unpaired) electrons. The van der Waals surface area contributed by atoms with Crippen molar-refractivity contribution < 1.29 is 1.41 Å². The molecule has 2 rings (SSSR count). The van der Waals surface area contributed by atoms with E-state index in [2.05, 4.69) is 40.9 Å². The number of thioether (sulfide) groups is 1. The van der Waals surface area contributed by atoms with Crippen LogP contribution in [0, 0.1) is 0 Å². The molecule has 0 amide bonds. The summed E-state index contributed by atoms with van der Waals surface area (Å²) in [7, 11) is 0. The molecular formula is C8H7Cl3N8S. The number of hydrogen-bond acceptors (Lipinski definition) is 9. The van der Waals surface area contributed by atoms with E-state index < -0.39 is 0 Å². The first-order valence-electron chi connectivity index (χ1n) is 5.60. The molecule has 12 heteroatoms. The van der Waals surface area contributed by atoms with Crippen LogP contribution in [0.4, 0.5) is 11.9 Å². The van der Waals surface area contributed by atoms with E-state index in [4.69, 9.17) is 36.2 Å². The number of hydrogen-bond donors (Lipinski definition) is 2. The molecule has 20 heavy (non-hydrogen) atoms. The predicted octanol–water partition coefficient (Wildman–Crippen LogP) is 1.80. The van der Waals surface area contributed by atoms with Gasteiger partial charge in [0.05, 0.1) is 0 Å². The first kappa shape index (κ1) is 13.8. The summed E-state index contributed by atoms with van der Waals surface area (Å²) in [5.41, 5.74) is 2.06. The maximum atomic E-state index is 6.97. The molecule has 3 N–H and O–H groups in total. The Labute approximate surface area is 134 Å². The molecule has 0 saturated carbocycles. The first-order valence-corrected chi connectivity index (χ1v) is 7.22. The maximum Gasteiger partial charge on any atom is 0.228 e. The molecule has 0 fully saturated rings. The van der Waals surface area contributed by atoms with Crippen LogP contribution >= 0.6 is 46.6 Å². The lowest BCUT2D eigenvalue weighted by molar-refractivity contribution is 0.915. The highest BCUT2D eigenvalue weighted by Crippen LogP contribution is 2.15. The number of aromatic nitrogens is 6. The Morgan fingerprint density at radius 3 is 2.40 bits per heavy atom. The van der Waals surface area contributed by atoms with Crippen molar-refractivity contribution in [2.45, 2.75) is 5.16 Å². The fourth-order valence-electron chi connectivity index (χ4n) is 1.11. The second-order valence-corrected chi connectivity index (χ2v) is 5.26. The highest BCUT2D eigenvalue weighted by molar-refractivity contribution is 7.99. The molecule has 0 aromatic carbocycles. The van der Waals surface area contributed by atoms with Crippen molar-refractivity contribution in [3.63, 3.8) is 0 Å². The van der Waals surface area contributed by atoms with Crippen LogP contribution in [0.2, 0.25) is 17.3 Å². The zero-order valence-electron chi connectivity index (χ0n) is 10.6. The Balaban J connectivity index is 1.85. The number of nitrogens with one attached hydrogen (secondary N) is 1. The van der Waals surface area contributed by atoms with Gasteiger partial charge in [-0.05, 0) is 34.8 Å². The highest BCUT2D eigenvalue weighted by atomic mass is 35.5. The summed E-state index contributed by atoms with van der Waals surface area (Å²) in [5.74, 6) is 0.961. The lowest BCUT2D eigenvalue weighted by atomic mass is 10.7. The Morgan fingerprint density at radius 1 is 1.00 bits per heavy atom. The van der Waals surface area contributed by atoms with Gasteiger partial charge in [0.1, 0.15) is 0 Å². The van der Waals surface area contributed by atoms with Crippen LogP contribution in [0.3, 0.4) is 0 Å². The van der Waals surface area contributed by atoms with E-state index in [1.165, 1.54) is 11.8 Å². The normalized spacial score (nSPS) is 11.1. The molecule has 106 valence electrons. The van der Waals surface area contributed by atoms with Crippen molar-refractivity contribution in [1.82, 2.24) is 29.9 Å². The third-order valence-electron chi connectivity index (χ3n) is 1.78. The quantitative estimate of drug-likeness (QED) is 0.591. The van der Waals surface area contributed by atoms with Gasteiger partial charge in [0.25, 0.3) is 0 Å². The van der Waals surface area contributed by atoms with Crippen molar-refractivity contribution in [1.29, 1.82) is 0 Å². The maximum absolute atomic E-state index is 6.97. The molecule has 0 aliphatic heterocycles. The Hall–Kier alpha value is -1.16. The number of halogens is 3. The van der Waals surface area contributed by atoms with Crippen molar-refractivity contribution in [3.05, 3.63) is 15.9 Å². The molecule has 0 unspecified atom stereocenters. The van der Waals surface area contributed by atoms with Crippen LogP contribution in [0.25, 0.3) is 0 Å². The SMILES string of the molecule is [2H]Nc1nc(Cl)nc(SCCNc2nc(Cl)nc(Cl)n2)n1. The van der Waals surface area contributed by atoms with E-state index in [9.17, 15) is 0 Å². The lowest BCUT2D eigenvalue weighted by Gasteiger charge is -2.04. The van der Waals surface area contributed by atoms with Crippen LogP contribution < -0.4 is 11.0 Å². The third-order valence-corrected chi connectivity index (χ3v) is 3.14. The summed E-state index contributed by atoms with van der Waals surface area (Å²) in [4.78, 5) is 23.0. The molecule has 0 saturated heterocycles. The molecule has 2 aromatic rings. The van der Waals surface area contributed by atoms with Gasteiger partial charge in [-0.2, -0.15) is 29.9 Å². The minimum absolute atomic E-state index is 0.0144. The van der Waals surface area contributed by atoms with Gasteiger partial charge in [-0.15, -0.1) is 0 Å². The van der Waals surface area contributed by atoms with E-state index in [-0.39, 0.29) is 27.7 Å². The summed E-state index contributed by atoms with van der Waals surface area (Å²) in [6, 6.07) is 0. The monoisotopic (exact) mass is 353 g/mol. The Morgan fingerprint density at radius 2 is 1.70 bits per heavy atom. The van der Waals surface area contributed by atoms with Crippen LogP contribution in [-0.4, -0.2) is 42.2 Å². The molecule has 2 heterocycles. The molecule has 2 aromatic heterocycles. The number of rotatable bonds is 6. The topological polar surface area (TPSA) is 115 Å². The Kier molecular flexibility index (Phi) is 4.85. The van der Waals surface area contributed by atoms with Crippen molar-refractivity contribution >= 4 is 58.5 Å². The highest BCUT2D eigenvalue weighted by Gasteiger charge is 2.05. The number of nitrogens with two attached hydrogens (primary N) is 1. The van der Waals surface area contributed by atoms with Crippen LogP contribution in [0.1, 0.15) is 0 Å². The van der Waals surface area contributed by atoms with Gasteiger partial charge in [0, 0.05) is 12.3 Å². The zero-order valence-corrected chi connectivity index (χ0v) is 12.7. The zero-order chi connectivity index (χ0) is 15.2. The molecule has 0 spiro atoms. The smallest absolute Gasteiger partial charge is 0.228 e. The minimum atomic E-state index is 0.0144. The average molecular weight is 355 g/mol. The first-order chi connectivity index (χ1) is 10.1. The van der Waals surface area contributed by atoms with Crippen LogP contribution in [0.15, 0.2) is 5.16 Å². The molecule has 0 aliphatic carbocycles. The predicted molar refractivity (Wildman–Crippen MR) is 78.3 cm³/mol. The molecule has 0 atom stereocenters. The standard InChI is InChI=1S/C8H7Cl3N8S/c9-3-14-4(10)17-7(16-3)13-1-2-20-8-18-5(11)15-6(12)19-8/h1-2H2,(H2,12,15,18,19)(H,13,14,16,17)/i/hD. The van der Waals surface area contributed by atoms with Gasteiger partial charge in [-0.25, -0.2) is 0 Å². The average Bonchev–Trinajstić information content (AvgIpc) is 2.42. The van der Waals surface area contributed by atoms with E-state index in [1.807, 2.05) is 0 Å². The number of nitrogen functional groups attached to an aromatic ring is 1. The van der Waals surface area contributed by atoms with Crippen molar-refractivity contribution in [2.24, 2.45) is 0 Å². The summed E-state index contributed by atoms with van der Waals surface area (Å²) in [5, 5.41) is 3.38. The van der Waals surface area contributed by atoms with Crippen LogP contribution in [0.5, 0.6) is 0 Å². The van der Waals surface area contributed by atoms with Crippen molar-refractivity contribution in [3.8, 4) is 0 Å². The van der Waals surface area contributed by atoms with Gasteiger partial charge in [-0.1, -0.05) is 11.8 Å². The summed E-state index contributed by atoms with van der Waals surface area (Å²) < 4.78 is 6.97. The van der Waals surface area contributed by atoms with Gasteiger partial charge < -0.3 is 11.0 Å². The third kappa shape index (κ3) is 4.75. The number of nitrogens with zero attached hydrogens (tertiary/aromatic N) is 6. The second-order valence-electron chi connectivity index (χ2n) is 3.18. The Bertz CT molecular complexity index is 612. The molecule has 0 bridgehead atoms. The van der Waals surface area contributed by atoms with Crippen LogP contribution in [-0.2, 0) is 0 Å². The van der Waals surface area contributed by atoms with Gasteiger partial charge in [0.2, 0.25) is 27.7 Å². The lowest BCUT2D eigenvalue weighted by Crippen LogP contribution is -2.09. The fourth-order valence-corrected chi connectivity index (χ4v) is 2.37. The molecule has 0 aliphatic rings. The van der Waals surface area contributed by atoms with Gasteiger partial charge >= 0.3 is 0 Å². The second kappa shape index (κ2) is 7.02. The van der Waals surface area contributed by atoms with E-state index in [0.717, 1.165) is 0 Å². The van der Waals surface area contributed by atoms with Gasteiger partial charge in [-0.3, -0.25) is 0 Å². The van der Waals surface area contributed by atoms with E-state index in [0.29, 0.717) is 17.5 Å². The number of anilines is 2. The van der Waals surface area contributed by atoms with E-state index >= 15 is 0 Å². The summed E-state index contributed by atoms with van der Waals surface area (Å²) >= 11 is 18.3. The minimum Gasteiger partial charge on any atom is -0.368 e.